The molecule has 1 aliphatic heterocycles. The number of anilines is 1. The van der Waals surface area contributed by atoms with Crippen molar-refractivity contribution in [3.05, 3.63) is 41.7 Å². The van der Waals surface area contributed by atoms with E-state index in [0.717, 1.165) is 5.76 Å². The molecule has 2 atom stereocenters. The van der Waals surface area contributed by atoms with Gasteiger partial charge in [0.05, 0.1) is 18.7 Å². The Morgan fingerprint density at radius 2 is 2.09 bits per heavy atom. The van der Waals surface area contributed by atoms with Crippen LogP contribution >= 0.6 is 0 Å². The van der Waals surface area contributed by atoms with Crippen molar-refractivity contribution >= 4 is 17.6 Å². The van der Waals surface area contributed by atoms with Gasteiger partial charge >= 0.3 is 0 Å². The molecule has 0 aromatic carbocycles. The van der Waals surface area contributed by atoms with Crippen LogP contribution in [0.15, 0.2) is 29.0 Å². The van der Waals surface area contributed by atoms with Crippen LogP contribution in [0.2, 0.25) is 0 Å². The summed E-state index contributed by atoms with van der Waals surface area (Å²) in [6, 6.07) is 3.54. The van der Waals surface area contributed by atoms with Gasteiger partial charge in [0.2, 0.25) is 5.91 Å². The third-order valence-electron chi connectivity index (χ3n) is 5.69. The molecule has 0 unspecified atom stereocenters. The monoisotopic (exact) mass is 456 g/mol. The lowest BCUT2D eigenvalue weighted by atomic mass is 9.93. The molecule has 0 radical (unpaired) electrons. The van der Waals surface area contributed by atoms with E-state index in [4.69, 9.17) is 15.1 Å². The highest BCUT2D eigenvalue weighted by molar-refractivity contribution is 5.98. The van der Waals surface area contributed by atoms with Crippen molar-refractivity contribution in [3.63, 3.8) is 0 Å². The predicted octanol–water partition coefficient (Wildman–Crippen LogP) is 2.54. The molecule has 0 spiro atoms. The average molecular weight is 457 g/mol. The molecule has 4 N–H and O–H groups in total. The summed E-state index contributed by atoms with van der Waals surface area (Å²) in [5.41, 5.74) is 5.69. The molecule has 0 aliphatic carbocycles. The maximum atomic E-state index is 13.8. The minimum atomic E-state index is -0.345. The Balaban J connectivity index is 1.94. The minimum Gasteiger partial charge on any atom is -0.467 e. The molecule has 2 amide bonds. The smallest absolute Gasteiger partial charge is 0.259 e. The van der Waals surface area contributed by atoms with E-state index < -0.39 is 0 Å². The molecule has 0 bridgehead atoms. The van der Waals surface area contributed by atoms with E-state index in [1.807, 2.05) is 37.8 Å². The van der Waals surface area contributed by atoms with Crippen LogP contribution in [0.4, 0.5) is 5.82 Å². The molecule has 1 fully saturated rings. The second kappa shape index (κ2) is 10.3. The Kier molecular flexibility index (Phi) is 7.73. The number of nitrogens with one attached hydrogen (secondary N) is 2. The van der Waals surface area contributed by atoms with E-state index in [-0.39, 0.29) is 35.1 Å². The van der Waals surface area contributed by atoms with Gasteiger partial charge in [-0.1, -0.05) is 34.6 Å². The fraction of sp³-hybridized carbons (Fsp3) is 0.583. The molecule has 9 nitrogen and oxygen atoms in total. The Morgan fingerprint density at radius 3 is 2.70 bits per heavy atom. The van der Waals surface area contributed by atoms with Crippen molar-refractivity contribution in [2.45, 2.75) is 59.0 Å². The van der Waals surface area contributed by atoms with Gasteiger partial charge in [0.1, 0.15) is 23.0 Å². The fourth-order valence-electron chi connectivity index (χ4n) is 3.94. The second-order valence-corrected chi connectivity index (χ2v) is 10.1. The summed E-state index contributed by atoms with van der Waals surface area (Å²) in [5.74, 6) is 1.29. The number of carbonyl (C=O) groups excluding carboxylic acids is 2. The van der Waals surface area contributed by atoms with Crippen LogP contribution in [0.3, 0.4) is 0 Å². The summed E-state index contributed by atoms with van der Waals surface area (Å²) in [4.78, 5) is 36.7. The Bertz CT molecular complexity index is 952. The summed E-state index contributed by atoms with van der Waals surface area (Å²) in [6.07, 6.45) is 3.76. The van der Waals surface area contributed by atoms with Crippen LogP contribution in [-0.2, 0) is 16.8 Å². The van der Waals surface area contributed by atoms with E-state index in [2.05, 4.69) is 29.5 Å². The van der Waals surface area contributed by atoms with Crippen LogP contribution in [0.5, 0.6) is 0 Å². The standard InChI is InChI=1S/C24H36N6O3/c1-15(2)14-30(17-9-16(20(25)31)10-26-11-17)22(32)19-13-28-23(24(3,4)5)29-21(19)27-12-18-7-6-8-33-18/h6-8,13,15-17,26H,9-12,14H2,1-5H3,(H2,25,31)(H,27,28,29)/t16-,17+/m1/s1. The highest BCUT2D eigenvalue weighted by Crippen LogP contribution is 2.25. The third-order valence-corrected chi connectivity index (χ3v) is 5.69. The number of rotatable bonds is 8. The number of furan rings is 1. The maximum absolute atomic E-state index is 13.8. The predicted molar refractivity (Wildman–Crippen MR) is 127 cm³/mol. The molecule has 33 heavy (non-hydrogen) atoms. The van der Waals surface area contributed by atoms with E-state index in [1.165, 1.54) is 0 Å². The fourth-order valence-corrected chi connectivity index (χ4v) is 3.94. The normalized spacial score (nSPS) is 18.8. The number of nitrogens with zero attached hydrogens (tertiary/aromatic N) is 3. The molecule has 9 heteroatoms. The first-order valence-electron chi connectivity index (χ1n) is 11.5. The zero-order chi connectivity index (χ0) is 24.2. The van der Waals surface area contributed by atoms with Gasteiger partial charge in [-0.05, 0) is 24.5 Å². The van der Waals surface area contributed by atoms with E-state index in [0.29, 0.717) is 49.8 Å². The number of hydrogen-bond donors (Lipinski definition) is 3. The number of piperidine rings is 1. The van der Waals surface area contributed by atoms with Gasteiger partial charge in [0.15, 0.2) is 0 Å². The van der Waals surface area contributed by atoms with Gasteiger partial charge in [-0.2, -0.15) is 0 Å². The molecular weight excluding hydrogens is 420 g/mol. The van der Waals surface area contributed by atoms with Gasteiger partial charge in [-0.15, -0.1) is 0 Å². The van der Waals surface area contributed by atoms with Crippen molar-refractivity contribution in [1.29, 1.82) is 0 Å². The second-order valence-electron chi connectivity index (χ2n) is 10.1. The summed E-state index contributed by atoms with van der Waals surface area (Å²) >= 11 is 0. The van der Waals surface area contributed by atoms with E-state index in [1.54, 1.807) is 12.5 Å². The van der Waals surface area contributed by atoms with Crippen LogP contribution in [0, 0.1) is 11.8 Å². The molecule has 2 aromatic rings. The molecule has 1 saturated heterocycles. The van der Waals surface area contributed by atoms with Crippen LogP contribution in [0.1, 0.15) is 63.0 Å². The van der Waals surface area contributed by atoms with Gasteiger partial charge in [-0.25, -0.2) is 9.97 Å². The molecule has 1 aliphatic rings. The zero-order valence-electron chi connectivity index (χ0n) is 20.2. The number of carbonyl (C=O) groups is 2. The van der Waals surface area contributed by atoms with Crippen molar-refractivity contribution in [3.8, 4) is 0 Å². The van der Waals surface area contributed by atoms with Crippen LogP contribution in [0.25, 0.3) is 0 Å². The number of primary amides is 1. The van der Waals surface area contributed by atoms with Gasteiger partial charge in [0, 0.05) is 37.3 Å². The summed E-state index contributed by atoms with van der Waals surface area (Å²) in [5, 5.41) is 6.52. The van der Waals surface area contributed by atoms with Gasteiger partial charge in [0.25, 0.3) is 5.91 Å². The van der Waals surface area contributed by atoms with Gasteiger partial charge < -0.3 is 25.7 Å². The van der Waals surface area contributed by atoms with Crippen molar-refractivity contribution in [2.75, 3.05) is 25.0 Å². The number of hydrogen-bond acceptors (Lipinski definition) is 7. The van der Waals surface area contributed by atoms with E-state index >= 15 is 0 Å². The van der Waals surface area contributed by atoms with E-state index in [9.17, 15) is 9.59 Å². The van der Waals surface area contributed by atoms with Crippen molar-refractivity contribution < 1.29 is 14.0 Å². The topological polar surface area (TPSA) is 126 Å². The molecule has 3 rings (SSSR count). The first kappa shape index (κ1) is 24.7. The minimum absolute atomic E-state index is 0.147. The largest absolute Gasteiger partial charge is 0.467 e. The van der Waals surface area contributed by atoms with Gasteiger partial charge in [-0.3, -0.25) is 9.59 Å². The lowest BCUT2D eigenvalue weighted by molar-refractivity contribution is -0.122. The van der Waals surface area contributed by atoms with Crippen molar-refractivity contribution in [2.24, 2.45) is 17.6 Å². The Labute approximate surface area is 195 Å². The molecule has 180 valence electrons. The average Bonchev–Trinajstić information content (AvgIpc) is 3.28. The number of amides is 2. The first-order chi connectivity index (χ1) is 15.6. The zero-order valence-corrected chi connectivity index (χ0v) is 20.2. The van der Waals surface area contributed by atoms with Crippen LogP contribution < -0.4 is 16.4 Å². The van der Waals surface area contributed by atoms with Crippen LogP contribution in [-0.4, -0.2) is 52.4 Å². The molecule has 2 aromatic heterocycles. The van der Waals surface area contributed by atoms with Crippen molar-refractivity contribution in [1.82, 2.24) is 20.2 Å². The molecule has 0 saturated carbocycles. The first-order valence-corrected chi connectivity index (χ1v) is 11.5. The summed E-state index contributed by atoms with van der Waals surface area (Å²) in [7, 11) is 0. The number of nitrogens with two attached hydrogens (primary N) is 1. The SMILES string of the molecule is CC(C)CN(C(=O)c1cnc(C(C)(C)C)nc1NCc1ccco1)[C@@H]1CNC[C@H](C(N)=O)C1. The number of aromatic nitrogens is 2. The lowest BCUT2D eigenvalue weighted by Gasteiger charge is -2.38. The maximum Gasteiger partial charge on any atom is 0.259 e. The summed E-state index contributed by atoms with van der Waals surface area (Å²) < 4.78 is 5.43. The lowest BCUT2D eigenvalue weighted by Crippen LogP contribution is -2.54. The Hall–Kier alpha value is -2.94. The Morgan fingerprint density at radius 1 is 1.33 bits per heavy atom. The highest BCUT2D eigenvalue weighted by atomic mass is 16.3. The summed E-state index contributed by atoms with van der Waals surface area (Å²) in [6.45, 7) is 12.3. The third kappa shape index (κ3) is 6.31. The molecule has 3 heterocycles. The quantitative estimate of drug-likeness (QED) is 0.557. The highest BCUT2D eigenvalue weighted by Gasteiger charge is 2.34. The molecular formula is C24H36N6O3.